The summed E-state index contributed by atoms with van der Waals surface area (Å²) in [7, 11) is 0. The van der Waals surface area contributed by atoms with E-state index in [1.54, 1.807) is 12.4 Å². The van der Waals surface area contributed by atoms with Gasteiger partial charge in [-0.2, -0.15) is 4.99 Å². The highest BCUT2D eigenvalue weighted by molar-refractivity contribution is 7.78. The maximum Gasteiger partial charge on any atom is 0.159 e. The van der Waals surface area contributed by atoms with Crippen molar-refractivity contribution in [3.8, 4) is 11.4 Å². The number of hydrogen-bond donors (Lipinski definition) is 0. The molecule has 0 unspecified atom stereocenters. The van der Waals surface area contributed by atoms with Crippen LogP contribution in [0.25, 0.3) is 11.4 Å². The van der Waals surface area contributed by atoms with Crippen molar-refractivity contribution in [2.45, 2.75) is 38.5 Å². The topological polar surface area (TPSA) is 38.1 Å². The lowest BCUT2D eigenvalue weighted by Gasteiger charge is -2.26. The van der Waals surface area contributed by atoms with Crippen LogP contribution in [0.2, 0.25) is 0 Å². The fourth-order valence-electron chi connectivity index (χ4n) is 3.08. The first-order chi connectivity index (χ1) is 10.8. The molecule has 112 valence electrons. The highest BCUT2D eigenvalue weighted by Gasteiger charge is 2.19. The van der Waals surface area contributed by atoms with Gasteiger partial charge in [-0.05, 0) is 42.5 Å². The Morgan fingerprint density at radius 3 is 2.27 bits per heavy atom. The Labute approximate surface area is 136 Å². The summed E-state index contributed by atoms with van der Waals surface area (Å²) in [6.45, 7) is 2.36. The van der Waals surface area contributed by atoms with Gasteiger partial charge in [0.2, 0.25) is 0 Å². The second-order valence-electron chi connectivity index (χ2n) is 6.05. The van der Waals surface area contributed by atoms with Crippen LogP contribution in [0.5, 0.6) is 0 Å². The van der Waals surface area contributed by atoms with Crippen LogP contribution in [-0.4, -0.2) is 15.1 Å². The number of aromatic nitrogens is 2. The average Bonchev–Trinajstić information content (AvgIpc) is 2.57. The minimum atomic E-state index is 0.631. The molecule has 2 aromatic rings. The minimum absolute atomic E-state index is 0.631. The standard InChI is InChI=1S/C18H19N3S/c1-13-2-4-14(5-3-13)15-6-8-16(9-7-15)18-19-10-17(11-20-18)21-12-22/h6-11,13-14H,2-5H2,1H3. The van der Waals surface area contributed by atoms with E-state index in [4.69, 9.17) is 0 Å². The third-order valence-electron chi connectivity index (χ3n) is 4.47. The molecule has 4 heteroatoms. The lowest BCUT2D eigenvalue weighted by Crippen LogP contribution is -2.10. The first-order valence-electron chi connectivity index (χ1n) is 7.76. The Balaban J connectivity index is 1.74. The summed E-state index contributed by atoms with van der Waals surface area (Å²) >= 11 is 4.57. The molecule has 1 aliphatic rings. The van der Waals surface area contributed by atoms with Gasteiger partial charge >= 0.3 is 0 Å². The van der Waals surface area contributed by atoms with Gasteiger partial charge in [0.15, 0.2) is 5.82 Å². The zero-order chi connectivity index (χ0) is 15.4. The van der Waals surface area contributed by atoms with Crippen molar-refractivity contribution in [2.75, 3.05) is 0 Å². The highest BCUT2D eigenvalue weighted by Crippen LogP contribution is 2.35. The van der Waals surface area contributed by atoms with Crippen molar-refractivity contribution in [3.63, 3.8) is 0 Å². The third kappa shape index (κ3) is 3.46. The predicted molar refractivity (Wildman–Crippen MR) is 92.5 cm³/mol. The second kappa shape index (κ2) is 6.91. The summed E-state index contributed by atoms with van der Waals surface area (Å²) < 4.78 is 0. The average molecular weight is 309 g/mol. The van der Waals surface area contributed by atoms with E-state index in [-0.39, 0.29) is 0 Å². The summed E-state index contributed by atoms with van der Waals surface area (Å²) in [6, 6.07) is 8.68. The molecule has 0 amide bonds. The summed E-state index contributed by atoms with van der Waals surface area (Å²) in [5, 5.41) is 2.32. The Hall–Kier alpha value is -1.90. The summed E-state index contributed by atoms with van der Waals surface area (Å²) in [6.07, 6.45) is 8.63. The van der Waals surface area contributed by atoms with E-state index >= 15 is 0 Å². The number of isothiocyanates is 1. The van der Waals surface area contributed by atoms with Crippen molar-refractivity contribution in [1.82, 2.24) is 9.97 Å². The van der Waals surface area contributed by atoms with Crippen LogP contribution in [0.3, 0.4) is 0 Å². The molecular formula is C18H19N3S. The molecule has 3 rings (SSSR count). The fraction of sp³-hybridized carbons (Fsp3) is 0.389. The Bertz CT molecular complexity index is 664. The molecule has 1 saturated carbocycles. The maximum absolute atomic E-state index is 4.57. The molecule has 0 N–H and O–H groups in total. The number of rotatable bonds is 3. The molecule has 1 fully saturated rings. The van der Waals surface area contributed by atoms with Crippen LogP contribution in [0.1, 0.15) is 44.1 Å². The first-order valence-corrected chi connectivity index (χ1v) is 8.17. The SMILES string of the molecule is CC1CCC(c2ccc(-c3ncc(N=C=S)cn3)cc2)CC1. The Morgan fingerprint density at radius 2 is 1.68 bits per heavy atom. The fourth-order valence-corrected chi connectivity index (χ4v) is 3.18. The van der Waals surface area contributed by atoms with Gasteiger partial charge in [0, 0.05) is 5.56 Å². The van der Waals surface area contributed by atoms with Gasteiger partial charge in [0.1, 0.15) is 5.69 Å². The third-order valence-corrected chi connectivity index (χ3v) is 4.56. The van der Waals surface area contributed by atoms with Gasteiger partial charge in [-0.1, -0.05) is 44.0 Å². The van der Waals surface area contributed by atoms with Crippen LogP contribution in [0, 0.1) is 5.92 Å². The summed E-state index contributed by atoms with van der Waals surface area (Å²) in [5.41, 5.74) is 3.11. The van der Waals surface area contributed by atoms with E-state index < -0.39 is 0 Å². The zero-order valence-electron chi connectivity index (χ0n) is 12.7. The molecule has 0 aliphatic heterocycles. The summed E-state index contributed by atoms with van der Waals surface area (Å²) in [5.74, 6) is 2.31. The molecule has 1 aromatic carbocycles. The van der Waals surface area contributed by atoms with Gasteiger partial charge in [0.25, 0.3) is 0 Å². The molecule has 0 spiro atoms. The Morgan fingerprint density at radius 1 is 1.05 bits per heavy atom. The number of aliphatic imine (C=N–C) groups is 1. The molecule has 1 aliphatic carbocycles. The number of nitrogens with zero attached hydrogens (tertiary/aromatic N) is 3. The van der Waals surface area contributed by atoms with Gasteiger partial charge in [0.05, 0.1) is 17.6 Å². The number of thiocarbonyl (C=S) groups is 1. The molecule has 0 atom stereocenters. The van der Waals surface area contributed by atoms with Gasteiger partial charge in [-0.25, -0.2) is 9.97 Å². The van der Waals surface area contributed by atoms with Crippen molar-refractivity contribution < 1.29 is 0 Å². The first kappa shape index (κ1) is 15.0. The molecule has 1 heterocycles. The molecule has 22 heavy (non-hydrogen) atoms. The molecule has 1 aromatic heterocycles. The van der Waals surface area contributed by atoms with Gasteiger partial charge in [-0.15, -0.1) is 0 Å². The predicted octanol–water partition coefficient (Wildman–Crippen LogP) is 5.17. The number of hydrogen-bond acceptors (Lipinski definition) is 4. The molecule has 0 bridgehead atoms. The van der Waals surface area contributed by atoms with Crippen molar-refractivity contribution in [2.24, 2.45) is 10.9 Å². The van der Waals surface area contributed by atoms with Crippen LogP contribution in [0.15, 0.2) is 41.7 Å². The molecule has 0 radical (unpaired) electrons. The quantitative estimate of drug-likeness (QED) is 0.580. The largest absolute Gasteiger partial charge is 0.234 e. The monoisotopic (exact) mass is 309 g/mol. The van der Waals surface area contributed by atoms with E-state index in [1.165, 1.54) is 31.2 Å². The smallest absolute Gasteiger partial charge is 0.159 e. The zero-order valence-corrected chi connectivity index (χ0v) is 13.5. The van der Waals surface area contributed by atoms with Crippen LogP contribution in [0.4, 0.5) is 5.69 Å². The van der Waals surface area contributed by atoms with E-state index in [0.29, 0.717) is 17.4 Å². The van der Waals surface area contributed by atoms with Crippen molar-refractivity contribution in [3.05, 3.63) is 42.2 Å². The second-order valence-corrected chi connectivity index (χ2v) is 6.23. The molecule has 3 nitrogen and oxygen atoms in total. The van der Waals surface area contributed by atoms with E-state index in [2.05, 4.69) is 63.5 Å². The van der Waals surface area contributed by atoms with Crippen LogP contribution < -0.4 is 0 Å². The maximum atomic E-state index is 4.57. The van der Waals surface area contributed by atoms with Crippen molar-refractivity contribution >= 4 is 23.1 Å². The summed E-state index contributed by atoms with van der Waals surface area (Å²) in [4.78, 5) is 12.5. The normalized spacial score (nSPS) is 21.1. The molecular weight excluding hydrogens is 290 g/mol. The van der Waals surface area contributed by atoms with Gasteiger partial charge < -0.3 is 0 Å². The molecule has 0 saturated heterocycles. The van der Waals surface area contributed by atoms with E-state index in [0.717, 1.165) is 11.5 Å². The Kier molecular flexibility index (Phi) is 4.71. The van der Waals surface area contributed by atoms with Gasteiger partial charge in [-0.3, -0.25) is 0 Å². The van der Waals surface area contributed by atoms with E-state index in [1.807, 2.05) is 0 Å². The highest BCUT2D eigenvalue weighted by atomic mass is 32.1. The number of benzene rings is 1. The van der Waals surface area contributed by atoms with Crippen molar-refractivity contribution in [1.29, 1.82) is 0 Å². The van der Waals surface area contributed by atoms with Crippen LogP contribution >= 0.6 is 12.2 Å². The van der Waals surface area contributed by atoms with E-state index in [9.17, 15) is 0 Å². The lowest BCUT2D eigenvalue weighted by molar-refractivity contribution is 0.348. The minimum Gasteiger partial charge on any atom is -0.234 e. The van der Waals surface area contributed by atoms with Crippen LogP contribution in [-0.2, 0) is 0 Å². The lowest BCUT2D eigenvalue weighted by atomic mass is 9.79.